The number of hydrogen-bond acceptors (Lipinski definition) is 11. The van der Waals surface area contributed by atoms with Crippen molar-refractivity contribution in [1.82, 2.24) is 15.2 Å². The second-order valence-electron chi connectivity index (χ2n) is 8.92. The first-order chi connectivity index (χ1) is 20.5. The first-order valence-electron chi connectivity index (χ1n) is 12.5. The number of carbonyl (C=O) groups excluding carboxylic acids is 5. The highest BCUT2D eigenvalue weighted by Gasteiger charge is 2.56. The maximum absolute atomic E-state index is 13.6. The smallest absolute Gasteiger partial charge is 0.334 e. The molecule has 14 heteroatoms. The molecule has 0 spiro atoms. The molecule has 42 heavy (non-hydrogen) atoms. The molecule has 2 N–H and O–H groups in total. The summed E-state index contributed by atoms with van der Waals surface area (Å²) in [7, 11) is 1.25. The molecule has 3 heterocycles. The number of fused-ring (bicyclic) bond motifs is 1. The quantitative estimate of drug-likeness (QED) is 0.110. The number of thioether (sulfide) groups is 1. The van der Waals surface area contributed by atoms with Crippen LogP contribution in [0.5, 0.6) is 0 Å². The van der Waals surface area contributed by atoms with Crippen LogP contribution in [0.1, 0.15) is 22.9 Å². The summed E-state index contributed by atoms with van der Waals surface area (Å²) < 4.78 is 5.96. The number of oxime groups is 1. The zero-order valence-electron chi connectivity index (χ0n) is 21.9. The lowest BCUT2D eigenvalue weighted by Gasteiger charge is -2.51. The van der Waals surface area contributed by atoms with Crippen molar-refractivity contribution in [2.75, 3.05) is 12.4 Å². The third-order valence-corrected chi connectivity index (χ3v) is 8.39. The maximum atomic E-state index is 13.6. The number of β-lactam (4-membered cyclic amide) rings is 1. The summed E-state index contributed by atoms with van der Waals surface area (Å²) in [6, 6.07) is 15.9. The van der Waals surface area contributed by atoms with Gasteiger partial charge in [0.25, 0.3) is 5.91 Å². The van der Waals surface area contributed by atoms with Crippen molar-refractivity contribution in [2.24, 2.45) is 5.16 Å². The molecule has 0 saturated carbocycles. The number of hydrogen-bond donors (Lipinski definition) is 2. The van der Waals surface area contributed by atoms with Gasteiger partial charge in [-0.2, -0.15) is 0 Å². The maximum Gasteiger partial charge on any atom is 0.334 e. The highest BCUT2D eigenvalue weighted by molar-refractivity contribution is 8.03. The number of aldehydes is 1. The zero-order chi connectivity index (χ0) is 29.6. The van der Waals surface area contributed by atoms with Gasteiger partial charge in [0.2, 0.25) is 12.3 Å². The number of esters is 1. The summed E-state index contributed by atoms with van der Waals surface area (Å²) in [4.78, 5) is 72.9. The Morgan fingerprint density at radius 1 is 1.07 bits per heavy atom. The van der Waals surface area contributed by atoms with Gasteiger partial charge >= 0.3 is 5.97 Å². The lowest BCUT2D eigenvalue weighted by atomic mass is 9.97. The van der Waals surface area contributed by atoms with Crippen molar-refractivity contribution in [1.29, 1.82) is 0 Å². The predicted molar refractivity (Wildman–Crippen MR) is 154 cm³/mol. The van der Waals surface area contributed by atoms with E-state index in [1.807, 2.05) is 60.7 Å². The Morgan fingerprint density at radius 3 is 2.33 bits per heavy atom. The number of thiazole rings is 1. The normalized spacial score (nSPS) is 19.6. The molecule has 2 aliphatic heterocycles. The molecule has 5 rings (SSSR count). The van der Waals surface area contributed by atoms with Crippen LogP contribution in [0.4, 0.5) is 5.13 Å². The Labute approximate surface area is 247 Å². The van der Waals surface area contributed by atoms with Gasteiger partial charge in [-0.1, -0.05) is 65.8 Å². The molecule has 0 bridgehead atoms. The summed E-state index contributed by atoms with van der Waals surface area (Å²) in [6.45, 7) is 0. The average molecular weight is 606 g/mol. The third-order valence-electron chi connectivity index (χ3n) is 6.43. The van der Waals surface area contributed by atoms with E-state index < -0.39 is 41.3 Å². The number of carbonyl (C=O) groups is 5. The van der Waals surface area contributed by atoms with Gasteiger partial charge in [0.15, 0.2) is 23.0 Å². The highest BCUT2D eigenvalue weighted by Crippen LogP contribution is 2.40. The van der Waals surface area contributed by atoms with E-state index in [-0.39, 0.29) is 22.1 Å². The molecule has 0 radical (unpaired) electrons. The summed E-state index contributed by atoms with van der Waals surface area (Å²) in [6.07, 6.45) is 0.185. The van der Waals surface area contributed by atoms with Crippen LogP contribution in [-0.2, 0) is 33.5 Å². The second kappa shape index (κ2) is 12.8. The van der Waals surface area contributed by atoms with Crippen LogP contribution in [0, 0.1) is 0 Å². The first-order valence-corrected chi connectivity index (χ1v) is 14.3. The van der Waals surface area contributed by atoms with E-state index in [1.165, 1.54) is 22.8 Å². The van der Waals surface area contributed by atoms with E-state index in [4.69, 9.17) is 9.57 Å². The molecule has 0 aliphatic carbocycles. The Balaban J connectivity index is 1.35. The standard InChI is InChI=1S/C28H23N5O7S2/c1-39-32-20(19-14-42-28(30-19)29-15-35)24(36)31-21-25(37)33-22(18(12-34)13-41-26(21)33)27(38)40-23(16-8-4-2-5-9-16)17-10-6-3-7-11-17/h2-15,21-23,26H,1H3,(H,31,36)(H,29,30,35)/t21?,22?,26-/m0/s1. The predicted octanol–water partition coefficient (Wildman–Crippen LogP) is 2.25. The topological polar surface area (TPSA) is 156 Å². The summed E-state index contributed by atoms with van der Waals surface area (Å²) in [5.74, 6) is -2.12. The lowest BCUT2D eigenvalue weighted by Crippen LogP contribution is -2.74. The van der Waals surface area contributed by atoms with E-state index in [9.17, 15) is 24.0 Å². The number of amides is 3. The third kappa shape index (κ3) is 5.66. The fraction of sp³-hybridized carbons (Fsp3) is 0.179. The van der Waals surface area contributed by atoms with Gasteiger partial charge in [0.1, 0.15) is 30.5 Å². The number of benzene rings is 2. The summed E-state index contributed by atoms with van der Waals surface area (Å²) in [5.41, 5.74) is 1.41. The minimum atomic E-state index is -1.30. The molecule has 2 unspecified atom stereocenters. The molecule has 3 atom stereocenters. The SMILES string of the molecule is CON=C(C(=O)NC1C(=O)N2C(C(=O)OC(c3ccccc3)c3ccccc3)C(C=O)=CS[C@@H]12)c1csc(NC=O)n1. The summed E-state index contributed by atoms with van der Waals surface area (Å²) in [5, 5.41) is 11.3. The van der Waals surface area contributed by atoms with E-state index in [0.717, 1.165) is 23.1 Å². The molecule has 214 valence electrons. The molecule has 2 aromatic carbocycles. The average Bonchev–Trinajstić information content (AvgIpc) is 3.49. The zero-order valence-corrected chi connectivity index (χ0v) is 23.5. The van der Waals surface area contributed by atoms with Crippen molar-refractivity contribution in [3.63, 3.8) is 0 Å². The molecule has 1 saturated heterocycles. The fourth-order valence-electron chi connectivity index (χ4n) is 4.52. The van der Waals surface area contributed by atoms with Gasteiger partial charge in [-0.25, -0.2) is 9.78 Å². The highest BCUT2D eigenvalue weighted by atomic mass is 32.2. The molecule has 3 amide bonds. The Kier molecular flexibility index (Phi) is 8.74. The van der Waals surface area contributed by atoms with Crippen molar-refractivity contribution < 1.29 is 33.5 Å². The van der Waals surface area contributed by atoms with Gasteiger partial charge in [0.05, 0.1) is 0 Å². The van der Waals surface area contributed by atoms with Crippen molar-refractivity contribution in [3.8, 4) is 0 Å². The largest absolute Gasteiger partial charge is 0.451 e. The van der Waals surface area contributed by atoms with Crippen molar-refractivity contribution in [2.45, 2.75) is 23.6 Å². The van der Waals surface area contributed by atoms with Crippen molar-refractivity contribution in [3.05, 3.63) is 93.8 Å². The number of aromatic nitrogens is 1. The number of ether oxygens (including phenoxy) is 1. The molecular weight excluding hydrogens is 582 g/mol. The van der Waals surface area contributed by atoms with E-state index in [2.05, 4.69) is 20.8 Å². The fourth-order valence-corrected chi connectivity index (χ4v) is 6.36. The van der Waals surface area contributed by atoms with Crippen LogP contribution in [0.2, 0.25) is 0 Å². The van der Waals surface area contributed by atoms with Crippen LogP contribution in [0.25, 0.3) is 0 Å². The molecular formula is C28H23N5O7S2. The number of nitrogens with one attached hydrogen (secondary N) is 2. The van der Waals surface area contributed by atoms with Crippen LogP contribution in [0.3, 0.4) is 0 Å². The van der Waals surface area contributed by atoms with E-state index in [0.29, 0.717) is 23.8 Å². The van der Waals surface area contributed by atoms with Gasteiger partial charge in [-0.3, -0.25) is 19.2 Å². The molecule has 1 fully saturated rings. The Morgan fingerprint density at radius 2 is 1.74 bits per heavy atom. The molecule has 3 aromatic rings. The minimum absolute atomic E-state index is 0.0681. The Hall–Kier alpha value is -4.82. The molecule has 2 aliphatic rings. The molecule has 12 nitrogen and oxygen atoms in total. The number of rotatable bonds is 11. The van der Waals surface area contributed by atoms with Gasteiger partial charge < -0.3 is 25.1 Å². The van der Waals surface area contributed by atoms with Gasteiger partial charge in [-0.15, -0.1) is 23.1 Å². The lowest BCUT2D eigenvalue weighted by molar-refractivity contribution is -0.165. The van der Waals surface area contributed by atoms with Crippen LogP contribution in [0.15, 0.2) is 82.2 Å². The van der Waals surface area contributed by atoms with Crippen LogP contribution < -0.4 is 10.6 Å². The summed E-state index contributed by atoms with van der Waals surface area (Å²) >= 11 is 2.19. The van der Waals surface area contributed by atoms with Crippen LogP contribution >= 0.6 is 23.1 Å². The minimum Gasteiger partial charge on any atom is -0.451 e. The van der Waals surface area contributed by atoms with E-state index >= 15 is 0 Å². The van der Waals surface area contributed by atoms with Crippen LogP contribution in [-0.4, -0.2) is 70.6 Å². The van der Waals surface area contributed by atoms with Gasteiger partial charge in [0, 0.05) is 11.0 Å². The number of anilines is 1. The molecule has 1 aromatic heterocycles. The second-order valence-corrected chi connectivity index (χ2v) is 10.8. The first kappa shape index (κ1) is 28.7. The Bertz CT molecular complexity index is 1520. The van der Waals surface area contributed by atoms with Gasteiger partial charge in [-0.05, 0) is 16.5 Å². The van der Waals surface area contributed by atoms with E-state index in [1.54, 1.807) is 0 Å². The van der Waals surface area contributed by atoms with Crippen molar-refractivity contribution >= 4 is 64.4 Å². The number of nitrogens with zero attached hydrogens (tertiary/aromatic N) is 3. The monoisotopic (exact) mass is 605 g/mol.